The van der Waals surface area contributed by atoms with Gasteiger partial charge < -0.3 is 9.67 Å². The molecule has 2 heterocycles. The van der Waals surface area contributed by atoms with E-state index in [2.05, 4.69) is 15.1 Å². The van der Waals surface area contributed by atoms with Crippen molar-refractivity contribution in [3.05, 3.63) is 30.4 Å². The first kappa shape index (κ1) is 9.85. The zero-order chi connectivity index (χ0) is 10.8. The molecule has 0 saturated heterocycles. The zero-order valence-electron chi connectivity index (χ0n) is 8.70. The molecule has 0 aliphatic rings. The summed E-state index contributed by atoms with van der Waals surface area (Å²) < 4.78 is 3.44. The molecule has 2 aromatic heterocycles. The van der Waals surface area contributed by atoms with Gasteiger partial charge in [-0.05, 0) is 0 Å². The molecular weight excluding hydrogens is 194 g/mol. The monoisotopic (exact) mass is 207 g/mol. The average molecular weight is 207 g/mol. The lowest BCUT2D eigenvalue weighted by Crippen LogP contribution is -2.11. The second kappa shape index (κ2) is 3.82. The molecule has 0 saturated carbocycles. The third-order valence-electron chi connectivity index (χ3n) is 2.34. The van der Waals surface area contributed by atoms with Gasteiger partial charge in [0.05, 0.1) is 0 Å². The fourth-order valence-electron chi connectivity index (χ4n) is 1.47. The van der Waals surface area contributed by atoms with Gasteiger partial charge in [0.25, 0.3) is 0 Å². The summed E-state index contributed by atoms with van der Waals surface area (Å²) in [5.74, 6) is 1.38. The zero-order valence-corrected chi connectivity index (χ0v) is 8.70. The summed E-state index contributed by atoms with van der Waals surface area (Å²) in [4.78, 5) is 8.13. The molecular formula is C9H13N5O. The standard InChI is InChI=1S/C9H13N5O/c1-13-4-3-10-9(13)7(15)5-8-11-6-12-14(8)2/h3-4,6-7,15H,5H2,1-2H3. The molecule has 0 aliphatic heterocycles. The molecule has 2 rings (SSSR count). The maximum atomic E-state index is 9.92. The van der Waals surface area contributed by atoms with Crippen LogP contribution in [0.3, 0.4) is 0 Å². The van der Waals surface area contributed by atoms with Crippen molar-refractivity contribution in [2.24, 2.45) is 14.1 Å². The van der Waals surface area contributed by atoms with Crippen molar-refractivity contribution in [1.82, 2.24) is 24.3 Å². The smallest absolute Gasteiger partial charge is 0.138 e. The molecule has 15 heavy (non-hydrogen) atoms. The van der Waals surface area contributed by atoms with Gasteiger partial charge in [0, 0.05) is 32.9 Å². The fraction of sp³-hybridized carbons (Fsp3) is 0.444. The van der Waals surface area contributed by atoms with Crippen molar-refractivity contribution in [3.63, 3.8) is 0 Å². The van der Waals surface area contributed by atoms with Crippen LogP contribution < -0.4 is 0 Å². The van der Waals surface area contributed by atoms with Gasteiger partial charge in [0.15, 0.2) is 0 Å². The summed E-state index contributed by atoms with van der Waals surface area (Å²) in [6.07, 6.45) is 4.71. The summed E-state index contributed by atoms with van der Waals surface area (Å²) in [7, 11) is 3.65. The lowest BCUT2D eigenvalue weighted by molar-refractivity contribution is 0.161. The van der Waals surface area contributed by atoms with Crippen LogP contribution in [0.1, 0.15) is 17.8 Å². The summed E-state index contributed by atoms with van der Waals surface area (Å²) in [6, 6.07) is 0. The van der Waals surface area contributed by atoms with Crippen molar-refractivity contribution in [3.8, 4) is 0 Å². The Hall–Kier alpha value is -1.69. The quantitative estimate of drug-likeness (QED) is 0.758. The van der Waals surface area contributed by atoms with E-state index in [9.17, 15) is 5.11 Å². The highest BCUT2D eigenvalue weighted by Crippen LogP contribution is 2.13. The minimum Gasteiger partial charge on any atom is -0.385 e. The number of imidazole rings is 1. The third-order valence-corrected chi connectivity index (χ3v) is 2.34. The van der Waals surface area contributed by atoms with E-state index in [0.717, 1.165) is 5.82 Å². The van der Waals surface area contributed by atoms with E-state index in [1.54, 1.807) is 28.7 Å². The van der Waals surface area contributed by atoms with E-state index in [4.69, 9.17) is 0 Å². The molecule has 0 bridgehead atoms. The number of hydrogen-bond donors (Lipinski definition) is 1. The number of hydrogen-bond acceptors (Lipinski definition) is 4. The summed E-state index contributed by atoms with van der Waals surface area (Å²) in [5.41, 5.74) is 0. The van der Waals surface area contributed by atoms with Crippen LogP contribution in [0.25, 0.3) is 0 Å². The average Bonchev–Trinajstić information content (AvgIpc) is 2.76. The van der Waals surface area contributed by atoms with Gasteiger partial charge in [0.1, 0.15) is 24.1 Å². The molecule has 80 valence electrons. The van der Waals surface area contributed by atoms with E-state index >= 15 is 0 Å². The van der Waals surface area contributed by atoms with E-state index < -0.39 is 6.10 Å². The minimum atomic E-state index is -0.645. The molecule has 0 aromatic carbocycles. The maximum Gasteiger partial charge on any atom is 0.138 e. The van der Waals surface area contributed by atoms with Gasteiger partial charge >= 0.3 is 0 Å². The number of aryl methyl sites for hydroxylation is 2. The second-order valence-corrected chi connectivity index (χ2v) is 3.42. The first-order valence-electron chi connectivity index (χ1n) is 4.66. The fourth-order valence-corrected chi connectivity index (χ4v) is 1.47. The number of rotatable bonds is 3. The largest absolute Gasteiger partial charge is 0.385 e. The van der Waals surface area contributed by atoms with Crippen LogP contribution in [-0.4, -0.2) is 29.4 Å². The van der Waals surface area contributed by atoms with E-state index in [-0.39, 0.29) is 0 Å². The Bertz CT molecular complexity index is 447. The Morgan fingerprint density at radius 2 is 2.20 bits per heavy atom. The molecule has 1 atom stereocenters. The summed E-state index contributed by atoms with van der Waals surface area (Å²) >= 11 is 0. The van der Waals surface area contributed by atoms with Gasteiger partial charge in [-0.2, -0.15) is 5.10 Å². The minimum absolute atomic E-state index is 0.418. The Kier molecular flexibility index (Phi) is 2.51. The van der Waals surface area contributed by atoms with Crippen LogP contribution in [0, 0.1) is 0 Å². The predicted molar refractivity (Wildman–Crippen MR) is 52.9 cm³/mol. The van der Waals surface area contributed by atoms with Gasteiger partial charge in [-0.3, -0.25) is 4.68 Å². The van der Waals surface area contributed by atoms with E-state index in [1.165, 1.54) is 6.33 Å². The van der Waals surface area contributed by atoms with E-state index in [1.807, 2.05) is 7.05 Å². The Morgan fingerprint density at radius 1 is 1.40 bits per heavy atom. The van der Waals surface area contributed by atoms with Gasteiger partial charge in [-0.25, -0.2) is 9.97 Å². The van der Waals surface area contributed by atoms with Crippen molar-refractivity contribution < 1.29 is 5.11 Å². The number of aliphatic hydroxyl groups is 1. The SMILES string of the molecule is Cn1ccnc1C(O)Cc1ncnn1C. The van der Waals surface area contributed by atoms with Crippen molar-refractivity contribution in [2.45, 2.75) is 12.5 Å². The van der Waals surface area contributed by atoms with Crippen LogP contribution in [0.2, 0.25) is 0 Å². The number of aliphatic hydroxyl groups excluding tert-OH is 1. The van der Waals surface area contributed by atoms with Crippen LogP contribution in [0.15, 0.2) is 18.7 Å². The number of nitrogens with zero attached hydrogens (tertiary/aromatic N) is 5. The van der Waals surface area contributed by atoms with Crippen molar-refractivity contribution in [2.75, 3.05) is 0 Å². The maximum absolute atomic E-state index is 9.92. The predicted octanol–water partition coefficient (Wildman–Crippen LogP) is -0.175. The van der Waals surface area contributed by atoms with Gasteiger partial charge in [-0.1, -0.05) is 0 Å². The highest BCUT2D eigenvalue weighted by molar-refractivity contribution is 4.99. The highest BCUT2D eigenvalue weighted by atomic mass is 16.3. The topological polar surface area (TPSA) is 68.8 Å². The molecule has 0 fully saturated rings. The third kappa shape index (κ3) is 1.89. The van der Waals surface area contributed by atoms with Gasteiger partial charge in [-0.15, -0.1) is 0 Å². The normalized spacial score (nSPS) is 13.0. The molecule has 0 radical (unpaired) electrons. The van der Waals surface area contributed by atoms with Crippen molar-refractivity contribution in [1.29, 1.82) is 0 Å². The molecule has 6 heteroatoms. The molecule has 0 spiro atoms. The van der Waals surface area contributed by atoms with Crippen LogP contribution >= 0.6 is 0 Å². The van der Waals surface area contributed by atoms with Crippen LogP contribution in [0.4, 0.5) is 0 Å². The molecule has 2 aromatic rings. The molecule has 1 N–H and O–H groups in total. The second-order valence-electron chi connectivity index (χ2n) is 3.42. The van der Waals surface area contributed by atoms with Crippen LogP contribution in [-0.2, 0) is 20.5 Å². The lowest BCUT2D eigenvalue weighted by Gasteiger charge is -2.09. The summed E-state index contributed by atoms with van der Waals surface area (Å²) in [6.45, 7) is 0. The summed E-state index contributed by atoms with van der Waals surface area (Å²) in [5, 5.41) is 13.9. The Balaban J connectivity index is 2.14. The molecule has 0 amide bonds. The van der Waals surface area contributed by atoms with E-state index in [0.29, 0.717) is 12.2 Å². The number of aromatic nitrogens is 5. The highest BCUT2D eigenvalue weighted by Gasteiger charge is 2.15. The molecule has 1 unspecified atom stereocenters. The lowest BCUT2D eigenvalue weighted by atomic mass is 10.2. The Morgan fingerprint density at radius 3 is 2.73 bits per heavy atom. The van der Waals surface area contributed by atoms with Crippen LogP contribution in [0.5, 0.6) is 0 Å². The Labute approximate surface area is 87.2 Å². The molecule has 0 aliphatic carbocycles. The van der Waals surface area contributed by atoms with Gasteiger partial charge in [0.2, 0.25) is 0 Å². The first-order valence-corrected chi connectivity index (χ1v) is 4.66. The van der Waals surface area contributed by atoms with Crippen molar-refractivity contribution >= 4 is 0 Å². The molecule has 6 nitrogen and oxygen atoms in total. The first-order chi connectivity index (χ1) is 7.18.